The predicted molar refractivity (Wildman–Crippen MR) is 208 cm³/mol. The minimum atomic E-state index is 1.20. The lowest BCUT2D eigenvalue weighted by atomic mass is 9.90. The molecule has 8 aromatic carbocycles. The smallest absolute Gasteiger partial charge is 0.00240 e. The van der Waals surface area contributed by atoms with E-state index in [1.807, 2.05) is 0 Å². The van der Waals surface area contributed by atoms with Crippen LogP contribution >= 0.6 is 0 Å². The van der Waals surface area contributed by atoms with Crippen LogP contribution in [0.25, 0.3) is 64.6 Å². The lowest BCUT2D eigenvalue weighted by Gasteiger charge is -2.14. The van der Waals surface area contributed by atoms with Crippen LogP contribution in [0.1, 0.15) is 94.6 Å². The average Bonchev–Trinajstić information content (AvgIpc) is 3.12. The van der Waals surface area contributed by atoms with Gasteiger partial charge >= 0.3 is 0 Å². The van der Waals surface area contributed by atoms with Gasteiger partial charge < -0.3 is 0 Å². The van der Waals surface area contributed by atoms with Crippen molar-refractivity contribution in [3.8, 4) is 0 Å². The standard InChI is InChI=1S/C47H48/c1(2-4-6-8-10-12-16-34-22-24-40-28-26-36-18-14-20-38-30-32-42(34)46(40)44(36)38)3-5-7-9-11-13-17-35-23-25-41-29-27-37-19-15-21-39-31-33-43(35)47(41)45(37)39/h14-15,18-33H,1-13,16-17H2. The van der Waals surface area contributed by atoms with Gasteiger partial charge in [-0.2, -0.15) is 0 Å². The minimum absolute atomic E-state index is 1.20. The van der Waals surface area contributed by atoms with Crippen molar-refractivity contribution in [3.63, 3.8) is 0 Å². The molecular weight excluding hydrogens is 565 g/mol. The van der Waals surface area contributed by atoms with Crippen LogP contribution in [0.5, 0.6) is 0 Å². The van der Waals surface area contributed by atoms with E-state index in [4.69, 9.17) is 0 Å². The van der Waals surface area contributed by atoms with Gasteiger partial charge in [0, 0.05) is 0 Å². The molecule has 0 aromatic heterocycles. The molecule has 0 radical (unpaired) electrons. The van der Waals surface area contributed by atoms with Gasteiger partial charge in [-0.25, -0.2) is 0 Å². The monoisotopic (exact) mass is 612 g/mol. The Labute approximate surface area is 280 Å². The third-order valence-electron chi connectivity index (χ3n) is 11.1. The van der Waals surface area contributed by atoms with E-state index in [0.29, 0.717) is 0 Å². The van der Waals surface area contributed by atoms with Crippen LogP contribution in [0, 0.1) is 0 Å². The molecule has 0 N–H and O–H groups in total. The van der Waals surface area contributed by atoms with Crippen LogP contribution < -0.4 is 0 Å². The van der Waals surface area contributed by atoms with Crippen molar-refractivity contribution in [2.24, 2.45) is 0 Å². The van der Waals surface area contributed by atoms with Crippen molar-refractivity contribution < 1.29 is 0 Å². The molecule has 0 bridgehead atoms. The van der Waals surface area contributed by atoms with E-state index in [1.54, 1.807) is 0 Å². The van der Waals surface area contributed by atoms with E-state index in [0.717, 1.165) is 0 Å². The number of benzene rings is 8. The van der Waals surface area contributed by atoms with Gasteiger partial charge in [-0.15, -0.1) is 0 Å². The molecule has 0 heteroatoms. The van der Waals surface area contributed by atoms with Gasteiger partial charge in [0.15, 0.2) is 0 Å². The number of aryl methyl sites for hydroxylation is 2. The molecule has 0 nitrogen and oxygen atoms in total. The van der Waals surface area contributed by atoms with Crippen LogP contribution in [-0.4, -0.2) is 0 Å². The summed E-state index contributed by atoms with van der Waals surface area (Å²) in [6, 6.07) is 41.4. The highest BCUT2D eigenvalue weighted by Crippen LogP contribution is 2.38. The van der Waals surface area contributed by atoms with Crippen molar-refractivity contribution in [2.75, 3.05) is 0 Å². The summed E-state index contributed by atoms with van der Waals surface area (Å²) in [4.78, 5) is 0. The first kappa shape index (κ1) is 30.2. The number of hydrogen-bond donors (Lipinski definition) is 0. The molecule has 0 spiro atoms. The molecule has 0 fully saturated rings. The SMILES string of the molecule is c1cc2ccc3ccc(CCCCCCCCCCCCCCCc4ccc5ccc6cccc7ccc4c5c67)c4ccc(c1)c2c34. The fourth-order valence-corrected chi connectivity index (χ4v) is 8.60. The summed E-state index contributed by atoms with van der Waals surface area (Å²) in [6.07, 6.45) is 20.4. The van der Waals surface area contributed by atoms with Gasteiger partial charge in [0.1, 0.15) is 0 Å². The first-order valence-electron chi connectivity index (χ1n) is 18.7. The maximum atomic E-state index is 2.38. The highest BCUT2D eigenvalue weighted by atomic mass is 14.2. The molecule has 236 valence electrons. The molecule has 0 unspecified atom stereocenters. The lowest BCUT2D eigenvalue weighted by Crippen LogP contribution is -1.91. The topological polar surface area (TPSA) is 0 Å². The van der Waals surface area contributed by atoms with E-state index >= 15 is 0 Å². The number of unbranched alkanes of at least 4 members (excludes halogenated alkanes) is 12. The number of hydrogen-bond acceptors (Lipinski definition) is 0. The molecule has 0 aliphatic heterocycles. The van der Waals surface area contributed by atoms with E-state index in [2.05, 4.69) is 109 Å². The van der Waals surface area contributed by atoms with Gasteiger partial charge in [0.05, 0.1) is 0 Å². The van der Waals surface area contributed by atoms with Crippen molar-refractivity contribution in [3.05, 3.63) is 120 Å². The minimum Gasteiger partial charge on any atom is -0.0610 e. The first-order valence-corrected chi connectivity index (χ1v) is 18.7. The van der Waals surface area contributed by atoms with Crippen LogP contribution in [0.4, 0.5) is 0 Å². The highest BCUT2D eigenvalue weighted by Gasteiger charge is 2.12. The first-order chi connectivity index (χ1) is 23.3. The van der Waals surface area contributed by atoms with Crippen molar-refractivity contribution >= 4 is 64.6 Å². The summed E-state index contributed by atoms with van der Waals surface area (Å²) in [6.45, 7) is 0. The van der Waals surface area contributed by atoms with Gasteiger partial charge in [-0.1, -0.05) is 180 Å². The van der Waals surface area contributed by atoms with Crippen molar-refractivity contribution in [2.45, 2.75) is 96.3 Å². The second-order valence-corrected chi connectivity index (χ2v) is 14.3. The normalized spacial score (nSPS) is 12.3. The Kier molecular flexibility index (Phi) is 8.93. The molecule has 47 heavy (non-hydrogen) atoms. The molecule has 0 aliphatic rings. The molecule has 0 heterocycles. The van der Waals surface area contributed by atoms with E-state index in [1.165, 1.54) is 172 Å². The Hall–Kier alpha value is -4.16. The van der Waals surface area contributed by atoms with E-state index in [-0.39, 0.29) is 0 Å². The van der Waals surface area contributed by atoms with Crippen LogP contribution in [0.15, 0.2) is 109 Å². The second kappa shape index (κ2) is 13.9. The largest absolute Gasteiger partial charge is 0.0610 e. The zero-order chi connectivity index (χ0) is 31.4. The summed E-state index contributed by atoms with van der Waals surface area (Å²) in [5.74, 6) is 0. The van der Waals surface area contributed by atoms with E-state index < -0.39 is 0 Å². The maximum absolute atomic E-state index is 2.38. The molecule has 0 saturated heterocycles. The van der Waals surface area contributed by atoms with Gasteiger partial charge in [-0.05, 0) is 101 Å². The fourth-order valence-electron chi connectivity index (χ4n) is 8.60. The Balaban J connectivity index is 0.696. The quantitative estimate of drug-likeness (QED) is 0.0752. The Morgan fingerprint density at radius 1 is 0.234 bits per heavy atom. The molecular formula is C47H48. The van der Waals surface area contributed by atoms with E-state index in [9.17, 15) is 0 Å². The van der Waals surface area contributed by atoms with Crippen LogP contribution in [0.2, 0.25) is 0 Å². The zero-order valence-corrected chi connectivity index (χ0v) is 28.0. The molecule has 0 amide bonds. The summed E-state index contributed by atoms with van der Waals surface area (Å²) in [5, 5.41) is 17.0. The van der Waals surface area contributed by atoms with Gasteiger partial charge in [0.2, 0.25) is 0 Å². The Morgan fingerprint density at radius 2 is 0.511 bits per heavy atom. The van der Waals surface area contributed by atoms with Gasteiger partial charge in [-0.3, -0.25) is 0 Å². The molecule has 8 aromatic rings. The third kappa shape index (κ3) is 6.16. The summed E-state index contributed by atoms with van der Waals surface area (Å²) in [7, 11) is 0. The Bertz CT molecular complexity index is 2040. The summed E-state index contributed by atoms with van der Waals surface area (Å²) in [5.41, 5.74) is 3.06. The average molecular weight is 613 g/mol. The zero-order valence-electron chi connectivity index (χ0n) is 28.0. The van der Waals surface area contributed by atoms with Crippen molar-refractivity contribution in [1.29, 1.82) is 0 Å². The second-order valence-electron chi connectivity index (χ2n) is 14.3. The van der Waals surface area contributed by atoms with Crippen molar-refractivity contribution in [1.82, 2.24) is 0 Å². The molecule has 0 aliphatic carbocycles. The Morgan fingerprint density at radius 3 is 0.872 bits per heavy atom. The highest BCUT2D eigenvalue weighted by molar-refractivity contribution is 6.24. The summed E-state index contributed by atoms with van der Waals surface area (Å²) < 4.78 is 0. The fraction of sp³-hybridized carbons (Fsp3) is 0.319. The molecule has 0 saturated carbocycles. The third-order valence-corrected chi connectivity index (χ3v) is 11.1. The number of rotatable bonds is 16. The predicted octanol–water partition coefficient (Wildman–Crippen LogP) is 14.3. The van der Waals surface area contributed by atoms with Crippen LogP contribution in [0.3, 0.4) is 0 Å². The van der Waals surface area contributed by atoms with Gasteiger partial charge in [0.25, 0.3) is 0 Å². The van der Waals surface area contributed by atoms with Crippen LogP contribution in [-0.2, 0) is 12.8 Å². The summed E-state index contributed by atoms with van der Waals surface area (Å²) >= 11 is 0. The molecule has 0 atom stereocenters. The maximum Gasteiger partial charge on any atom is -0.00240 e. The lowest BCUT2D eigenvalue weighted by molar-refractivity contribution is 0.537. The molecule has 8 rings (SSSR count).